The monoisotopic (exact) mass is 587 g/mol. The number of hydrogen-bond acceptors (Lipinski definition) is 5. The summed E-state index contributed by atoms with van der Waals surface area (Å²) in [5.74, 6) is -1.33. The Balaban J connectivity index is 1.50. The smallest absolute Gasteiger partial charge is 0.227 e. The summed E-state index contributed by atoms with van der Waals surface area (Å²) in [5.41, 5.74) is 4.03. The van der Waals surface area contributed by atoms with Crippen LogP contribution in [0, 0.1) is 12.8 Å². The number of anilines is 1. The van der Waals surface area contributed by atoms with E-state index in [1.807, 2.05) is 44.2 Å². The molecule has 0 saturated carbocycles. The number of halogens is 1. The van der Waals surface area contributed by atoms with Gasteiger partial charge in [-0.1, -0.05) is 73.1 Å². The zero-order chi connectivity index (χ0) is 30.1. The third-order valence-electron chi connectivity index (χ3n) is 7.77. The van der Waals surface area contributed by atoms with E-state index in [1.165, 1.54) is 0 Å². The van der Waals surface area contributed by atoms with E-state index in [0.29, 0.717) is 42.2 Å². The number of ketones is 2. The van der Waals surface area contributed by atoms with Crippen LogP contribution in [-0.2, 0) is 27.3 Å². The second-order valence-electron chi connectivity index (χ2n) is 10.8. The molecule has 2 N–H and O–H groups in total. The summed E-state index contributed by atoms with van der Waals surface area (Å²) < 4.78 is 0. The largest absolute Gasteiger partial charge is 0.328 e. The fourth-order valence-electron chi connectivity index (χ4n) is 5.33. The van der Waals surface area contributed by atoms with Gasteiger partial charge in [0.1, 0.15) is 0 Å². The van der Waals surface area contributed by atoms with E-state index in [-0.39, 0.29) is 42.6 Å². The van der Waals surface area contributed by atoms with E-state index in [9.17, 15) is 19.2 Å². The Labute approximate surface area is 252 Å². The summed E-state index contributed by atoms with van der Waals surface area (Å²) in [6, 6.07) is 21.3. The molecule has 0 bridgehead atoms. The van der Waals surface area contributed by atoms with Crippen molar-refractivity contribution in [3.63, 3.8) is 0 Å². The first-order valence-corrected chi connectivity index (χ1v) is 14.9. The minimum absolute atomic E-state index is 0.00333. The Hall–Kier alpha value is -3.81. The second-order valence-corrected chi connectivity index (χ2v) is 11.2. The van der Waals surface area contributed by atoms with Crippen molar-refractivity contribution in [3.8, 4) is 0 Å². The molecular formula is C34H38ClN3O4. The summed E-state index contributed by atoms with van der Waals surface area (Å²) in [6.07, 6.45) is 0.936. The number of nitrogens with one attached hydrogen (secondary N) is 2. The van der Waals surface area contributed by atoms with E-state index < -0.39 is 12.0 Å². The highest BCUT2D eigenvalue weighted by molar-refractivity contribution is 6.31. The minimum atomic E-state index is -0.702. The number of amides is 2. The first-order chi connectivity index (χ1) is 20.3. The van der Waals surface area contributed by atoms with Gasteiger partial charge in [0.25, 0.3) is 0 Å². The number of nitrogens with zero attached hydrogens (tertiary/aromatic N) is 1. The van der Waals surface area contributed by atoms with Gasteiger partial charge in [-0.25, -0.2) is 0 Å². The van der Waals surface area contributed by atoms with Gasteiger partial charge in [-0.15, -0.1) is 0 Å². The van der Waals surface area contributed by atoms with Crippen LogP contribution in [0.1, 0.15) is 59.7 Å². The molecule has 0 aromatic heterocycles. The lowest BCUT2D eigenvalue weighted by Gasteiger charge is -2.36. The van der Waals surface area contributed by atoms with Crippen LogP contribution in [-0.4, -0.2) is 47.4 Å². The summed E-state index contributed by atoms with van der Waals surface area (Å²) in [6.45, 7) is 5.48. The molecule has 1 heterocycles. The fraction of sp³-hybridized carbons (Fsp3) is 0.353. The highest BCUT2D eigenvalue weighted by Crippen LogP contribution is 2.28. The highest BCUT2D eigenvalue weighted by atomic mass is 35.5. The van der Waals surface area contributed by atoms with Gasteiger partial charge in [0.2, 0.25) is 11.8 Å². The molecule has 8 heteroatoms. The van der Waals surface area contributed by atoms with Crippen LogP contribution in [0.4, 0.5) is 5.69 Å². The quantitative estimate of drug-likeness (QED) is 0.195. The summed E-state index contributed by atoms with van der Waals surface area (Å²) in [7, 11) is 0. The van der Waals surface area contributed by atoms with Crippen LogP contribution < -0.4 is 10.6 Å². The van der Waals surface area contributed by atoms with Crippen molar-refractivity contribution in [2.24, 2.45) is 5.92 Å². The SMILES string of the molecule is CCNCC[C@H](CC(=O)[C@@H]1Cc2ccccc2CN1C(=O)CCC(=O)c1ccccc1)C(=O)Nc1ccc(Cl)c(C)c1. The number of benzene rings is 3. The second kappa shape index (κ2) is 14.9. The molecule has 3 aromatic rings. The van der Waals surface area contributed by atoms with Crippen molar-refractivity contribution in [1.29, 1.82) is 0 Å². The van der Waals surface area contributed by atoms with Crippen LogP contribution in [0.5, 0.6) is 0 Å². The normalized spacial score (nSPS) is 15.0. The number of fused-ring (bicyclic) bond motifs is 1. The van der Waals surface area contributed by atoms with E-state index in [0.717, 1.165) is 23.2 Å². The van der Waals surface area contributed by atoms with Crippen molar-refractivity contribution >= 4 is 40.7 Å². The lowest BCUT2D eigenvalue weighted by Crippen LogP contribution is -2.49. The number of Topliss-reactive ketones (excluding diaryl/α,β-unsaturated/α-hetero) is 2. The molecule has 2 atom stereocenters. The van der Waals surface area contributed by atoms with Crippen LogP contribution in [0.15, 0.2) is 72.8 Å². The topological polar surface area (TPSA) is 95.6 Å². The molecule has 0 fully saturated rings. The molecule has 0 spiro atoms. The van der Waals surface area contributed by atoms with E-state index in [1.54, 1.807) is 47.4 Å². The van der Waals surface area contributed by atoms with Crippen molar-refractivity contribution in [2.45, 2.75) is 58.5 Å². The molecule has 1 aliphatic heterocycles. The number of hydrogen-bond donors (Lipinski definition) is 2. The first-order valence-electron chi connectivity index (χ1n) is 14.5. The van der Waals surface area contributed by atoms with Gasteiger partial charge < -0.3 is 15.5 Å². The van der Waals surface area contributed by atoms with Gasteiger partial charge in [0.15, 0.2) is 11.6 Å². The summed E-state index contributed by atoms with van der Waals surface area (Å²) in [5, 5.41) is 6.80. The van der Waals surface area contributed by atoms with E-state index in [2.05, 4.69) is 10.6 Å². The standard InChI is InChI=1S/C34H38ClN3O4/c1-3-36-18-17-26(34(42)37-28-13-14-29(35)23(2)19-28)21-32(40)30-20-25-11-7-8-12-27(25)22-38(30)33(41)16-15-31(39)24-9-5-4-6-10-24/h4-14,19,26,30,36H,3,15-18,20-22H2,1-2H3,(H,37,42)/t26-,30+/m1/s1. The molecule has 4 rings (SSSR count). The molecule has 42 heavy (non-hydrogen) atoms. The van der Waals surface area contributed by atoms with Gasteiger partial charge in [-0.3, -0.25) is 19.2 Å². The van der Waals surface area contributed by atoms with Gasteiger partial charge in [-0.05, 0) is 61.3 Å². The molecule has 0 unspecified atom stereocenters. The lowest BCUT2D eigenvalue weighted by atomic mass is 9.87. The van der Waals surface area contributed by atoms with Crippen LogP contribution in [0.3, 0.4) is 0 Å². The number of rotatable bonds is 13. The molecule has 0 aliphatic carbocycles. The third kappa shape index (κ3) is 8.14. The summed E-state index contributed by atoms with van der Waals surface area (Å²) in [4.78, 5) is 55.1. The predicted molar refractivity (Wildman–Crippen MR) is 166 cm³/mol. The zero-order valence-electron chi connectivity index (χ0n) is 24.2. The molecular weight excluding hydrogens is 550 g/mol. The molecule has 1 aliphatic rings. The van der Waals surface area contributed by atoms with Crippen molar-refractivity contribution in [1.82, 2.24) is 10.2 Å². The minimum Gasteiger partial charge on any atom is -0.328 e. The molecule has 0 saturated heterocycles. The molecule has 3 aromatic carbocycles. The Kier molecular flexibility index (Phi) is 11.0. The zero-order valence-corrected chi connectivity index (χ0v) is 25.0. The van der Waals surface area contributed by atoms with Gasteiger partial charge in [0.05, 0.1) is 6.04 Å². The van der Waals surface area contributed by atoms with Crippen LogP contribution in [0.25, 0.3) is 0 Å². The Morgan fingerprint density at radius 2 is 1.67 bits per heavy atom. The van der Waals surface area contributed by atoms with Crippen molar-refractivity contribution < 1.29 is 19.2 Å². The average molecular weight is 588 g/mol. The maximum Gasteiger partial charge on any atom is 0.227 e. The van der Waals surface area contributed by atoms with Crippen molar-refractivity contribution in [2.75, 3.05) is 18.4 Å². The van der Waals surface area contributed by atoms with Gasteiger partial charge in [-0.2, -0.15) is 0 Å². The molecule has 7 nitrogen and oxygen atoms in total. The number of carbonyl (C=O) groups is 4. The Bertz CT molecular complexity index is 1430. The van der Waals surface area contributed by atoms with Gasteiger partial charge in [0, 0.05) is 54.4 Å². The molecule has 220 valence electrons. The number of carbonyl (C=O) groups excluding carboxylic acids is 4. The maximum atomic E-state index is 13.9. The van der Waals surface area contributed by atoms with Crippen LogP contribution >= 0.6 is 11.6 Å². The predicted octanol–water partition coefficient (Wildman–Crippen LogP) is 5.78. The van der Waals surface area contributed by atoms with Crippen molar-refractivity contribution in [3.05, 3.63) is 100 Å². The first kappa shape index (κ1) is 31.1. The van der Waals surface area contributed by atoms with Crippen LogP contribution in [0.2, 0.25) is 5.02 Å². The molecule has 2 amide bonds. The number of aryl methyl sites for hydroxylation is 1. The summed E-state index contributed by atoms with van der Waals surface area (Å²) >= 11 is 6.15. The van der Waals surface area contributed by atoms with Gasteiger partial charge >= 0.3 is 0 Å². The Morgan fingerprint density at radius 3 is 2.38 bits per heavy atom. The maximum absolute atomic E-state index is 13.9. The Morgan fingerprint density at radius 1 is 0.952 bits per heavy atom. The van der Waals surface area contributed by atoms with E-state index in [4.69, 9.17) is 11.6 Å². The molecule has 0 radical (unpaired) electrons. The highest BCUT2D eigenvalue weighted by Gasteiger charge is 2.36. The lowest BCUT2D eigenvalue weighted by molar-refractivity contribution is -0.141. The fourth-order valence-corrected chi connectivity index (χ4v) is 5.45. The van der Waals surface area contributed by atoms with E-state index >= 15 is 0 Å². The third-order valence-corrected chi connectivity index (χ3v) is 8.19. The average Bonchev–Trinajstić information content (AvgIpc) is 3.00.